The normalized spacial score (nSPS) is 12.0. The van der Waals surface area contributed by atoms with Crippen molar-refractivity contribution in [3.63, 3.8) is 0 Å². The summed E-state index contributed by atoms with van der Waals surface area (Å²) in [6.45, 7) is 4.76. The Morgan fingerprint density at radius 2 is 1.69 bits per heavy atom. The highest BCUT2D eigenvalue weighted by Crippen LogP contribution is 2.29. The van der Waals surface area contributed by atoms with Crippen molar-refractivity contribution in [2.24, 2.45) is 0 Å². The van der Waals surface area contributed by atoms with Crippen molar-refractivity contribution >= 4 is 27.5 Å². The molecule has 0 aliphatic carbocycles. The zero-order valence-electron chi connectivity index (χ0n) is 21.1. The summed E-state index contributed by atoms with van der Waals surface area (Å²) in [6, 6.07) is 16.0. The second-order valence-electron chi connectivity index (χ2n) is 8.40. The van der Waals surface area contributed by atoms with Crippen molar-refractivity contribution < 1.29 is 22.7 Å². The Hall–Kier alpha value is -3.07. The third kappa shape index (κ3) is 8.58. The topological polar surface area (TPSA) is 96.0 Å². The molecule has 0 aliphatic heterocycles. The second kappa shape index (κ2) is 13.7. The molecule has 8 nitrogen and oxygen atoms in total. The van der Waals surface area contributed by atoms with Gasteiger partial charge < -0.3 is 15.0 Å². The van der Waals surface area contributed by atoms with Gasteiger partial charge in [-0.25, -0.2) is 8.42 Å². The molecule has 192 valence electrons. The number of nitrogens with zero attached hydrogens (tertiary/aromatic N) is 2. The third-order valence-electron chi connectivity index (χ3n) is 5.71. The van der Waals surface area contributed by atoms with Crippen LogP contribution in [0.1, 0.15) is 38.7 Å². The monoisotopic (exact) mass is 503 g/mol. The molecule has 0 heterocycles. The van der Waals surface area contributed by atoms with E-state index in [-0.39, 0.29) is 24.8 Å². The molecule has 0 bridgehead atoms. The number of carbonyl (C=O) groups is 2. The van der Waals surface area contributed by atoms with Gasteiger partial charge in [0.2, 0.25) is 21.8 Å². The van der Waals surface area contributed by atoms with Crippen LogP contribution >= 0.6 is 0 Å². The summed E-state index contributed by atoms with van der Waals surface area (Å²) in [5.74, 6) is 0.0589. The highest BCUT2D eigenvalue weighted by Gasteiger charge is 2.26. The largest absolute Gasteiger partial charge is 0.495 e. The highest BCUT2D eigenvalue weighted by atomic mass is 32.2. The standard InChI is InChI=1S/C26H37N3O5S/c1-5-18-27-26(31)21(2)28(20-17-22-12-7-6-8-13-22)25(30)16-11-19-29(35(4,32)33)23-14-9-10-15-24(23)34-3/h6-10,12-15,21H,5,11,16-20H2,1-4H3,(H,27,31)/t21-/m0/s1. The van der Waals surface area contributed by atoms with Gasteiger partial charge in [0.05, 0.1) is 19.1 Å². The minimum atomic E-state index is -3.59. The summed E-state index contributed by atoms with van der Waals surface area (Å²) in [6.07, 6.45) is 2.97. The lowest BCUT2D eigenvalue weighted by atomic mass is 10.1. The van der Waals surface area contributed by atoms with Crippen molar-refractivity contribution in [3.8, 4) is 5.75 Å². The number of carbonyl (C=O) groups excluding carboxylic acids is 2. The minimum Gasteiger partial charge on any atom is -0.495 e. The molecular formula is C26H37N3O5S. The van der Waals surface area contributed by atoms with Gasteiger partial charge in [-0.1, -0.05) is 49.4 Å². The van der Waals surface area contributed by atoms with E-state index in [9.17, 15) is 18.0 Å². The van der Waals surface area contributed by atoms with E-state index in [1.807, 2.05) is 37.3 Å². The van der Waals surface area contributed by atoms with Gasteiger partial charge in [0, 0.05) is 26.1 Å². The summed E-state index contributed by atoms with van der Waals surface area (Å²) < 4.78 is 31.6. The molecule has 0 spiro atoms. The Labute approximate surface area is 209 Å². The second-order valence-corrected chi connectivity index (χ2v) is 10.3. The highest BCUT2D eigenvalue weighted by molar-refractivity contribution is 7.92. The predicted octanol–water partition coefficient (Wildman–Crippen LogP) is 3.23. The molecule has 1 atom stereocenters. The van der Waals surface area contributed by atoms with Gasteiger partial charge in [-0.2, -0.15) is 0 Å². The lowest BCUT2D eigenvalue weighted by Gasteiger charge is -2.29. The van der Waals surface area contributed by atoms with Crippen LogP contribution in [0.5, 0.6) is 5.75 Å². The first-order valence-electron chi connectivity index (χ1n) is 11.9. The van der Waals surface area contributed by atoms with Crippen LogP contribution in [0.4, 0.5) is 5.69 Å². The van der Waals surface area contributed by atoms with Crippen LogP contribution in [-0.4, -0.2) is 64.2 Å². The summed E-state index contributed by atoms with van der Waals surface area (Å²) in [5, 5.41) is 2.86. The molecule has 0 saturated heterocycles. The van der Waals surface area contributed by atoms with E-state index in [0.717, 1.165) is 18.2 Å². The number of sulfonamides is 1. The zero-order chi connectivity index (χ0) is 25.8. The van der Waals surface area contributed by atoms with Crippen molar-refractivity contribution in [3.05, 3.63) is 60.2 Å². The van der Waals surface area contributed by atoms with Crippen molar-refractivity contribution in [2.75, 3.05) is 37.3 Å². The number of anilines is 1. The first-order valence-corrected chi connectivity index (χ1v) is 13.8. The molecule has 2 aromatic carbocycles. The Balaban J connectivity index is 2.12. The van der Waals surface area contributed by atoms with Crippen LogP contribution < -0.4 is 14.4 Å². The number of hydrogen-bond donors (Lipinski definition) is 1. The van der Waals surface area contributed by atoms with Gasteiger partial charge in [0.1, 0.15) is 11.8 Å². The van der Waals surface area contributed by atoms with Crippen LogP contribution in [0, 0.1) is 0 Å². The lowest BCUT2D eigenvalue weighted by Crippen LogP contribution is -2.49. The fourth-order valence-electron chi connectivity index (χ4n) is 3.78. The number of nitrogens with one attached hydrogen (secondary N) is 1. The zero-order valence-corrected chi connectivity index (χ0v) is 21.9. The van der Waals surface area contributed by atoms with Gasteiger partial charge >= 0.3 is 0 Å². The Bertz CT molecular complexity index is 1060. The van der Waals surface area contributed by atoms with Crippen molar-refractivity contribution in [1.29, 1.82) is 0 Å². The van der Waals surface area contributed by atoms with Gasteiger partial charge in [-0.05, 0) is 43.9 Å². The van der Waals surface area contributed by atoms with Crippen LogP contribution in [-0.2, 0) is 26.0 Å². The summed E-state index contributed by atoms with van der Waals surface area (Å²) >= 11 is 0. The molecule has 0 aliphatic rings. The van der Waals surface area contributed by atoms with Crippen LogP contribution in [0.15, 0.2) is 54.6 Å². The maximum absolute atomic E-state index is 13.2. The number of benzene rings is 2. The van der Waals surface area contributed by atoms with Crippen LogP contribution in [0.2, 0.25) is 0 Å². The molecule has 2 aromatic rings. The molecule has 0 radical (unpaired) electrons. The maximum Gasteiger partial charge on any atom is 0.242 e. The number of hydrogen-bond acceptors (Lipinski definition) is 5. The first kappa shape index (κ1) is 28.2. The van der Waals surface area contributed by atoms with Crippen molar-refractivity contribution in [2.45, 2.75) is 45.6 Å². The van der Waals surface area contributed by atoms with Crippen LogP contribution in [0.25, 0.3) is 0 Å². The molecule has 0 saturated carbocycles. The molecule has 9 heteroatoms. The molecule has 2 rings (SSSR count). The number of rotatable bonds is 14. The summed E-state index contributed by atoms with van der Waals surface area (Å²) in [7, 11) is -2.11. The molecule has 0 aromatic heterocycles. The van der Waals surface area contributed by atoms with Gasteiger partial charge in [0.25, 0.3) is 0 Å². The Morgan fingerprint density at radius 3 is 2.31 bits per heavy atom. The molecule has 2 amide bonds. The SMILES string of the molecule is CCCNC(=O)[C@H](C)N(CCc1ccccc1)C(=O)CCCN(c1ccccc1OC)S(C)(=O)=O. The Kier molecular flexibility index (Phi) is 11.0. The fraction of sp³-hybridized carbons (Fsp3) is 0.462. The Morgan fingerprint density at radius 1 is 1.03 bits per heavy atom. The maximum atomic E-state index is 13.2. The van der Waals surface area contributed by atoms with E-state index in [1.54, 1.807) is 36.1 Å². The van der Waals surface area contributed by atoms with E-state index < -0.39 is 16.1 Å². The molecule has 0 unspecified atom stereocenters. The smallest absolute Gasteiger partial charge is 0.242 e. The van der Waals surface area contributed by atoms with E-state index in [4.69, 9.17) is 4.74 Å². The van der Waals surface area contributed by atoms with Gasteiger partial charge in [-0.15, -0.1) is 0 Å². The quantitative estimate of drug-likeness (QED) is 0.427. The predicted molar refractivity (Wildman–Crippen MR) is 139 cm³/mol. The first-order chi connectivity index (χ1) is 16.7. The van der Waals surface area contributed by atoms with E-state index in [0.29, 0.717) is 37.4 Å². The summed E-state index contributed by atoms with van der Waals surface area (Å²) in [4.78, 5) is 27.4. The van der Waals surface area contributed by atoms with Gasteiger partial charge in [-0.3, -0.25) is 13.9 Å². The van der Waals surface area contributed by atoms with Gasteiger partial charge in [0.15, 0.2) is 0 Å². The number of ether oxygens (including phenoxy) is 1. The van der Waals surface area contributed by atoms with E-state index in [1.165, 1.54) is 11.4 Å². The number of methoxy groups -OCH3 is 1. The minimum absolute atomic E-state index is 0.112. The van der Waals surface area contributed by atoms with Crippen molar-refractivity contribution in [1.82, 2.24) is 10.2 Å². The number of amides is 2. The molecule has 0 fully saturated rings. The lowest BCUT2D eigenvalue weighted by molar-refractivity contribution is -0.139. The number of para-hydroxylation sites is 2. The van der Waals surface area contributed by atoms with E-state index >= 15 is 0 Å². The third-order valence-corrected chi connectivity index (χ3v) is 6.89. The molecule has 35 heavy (non-hydrogen) atoms. The summed E-state index contributed by atoms with van der Waals surface area (Å²) in [5.41, 5.74) is 1.50. The average Bonchev–Trinajstić information content (AvgIpc) is 2.85. The fourth-order valence-corrected chi connectivity index (χ4v) is 4.75. The average molecular weight is 504 g/mol. The van der Waals surface area contributed by atoms with Crippen LogP contribution in [0.3, 0.4) is 0 Å². The van der Waals surface area contributed by atoms with E-state index in [2.05, 4.69) is 5.32 Å². The molecular weight excluding hydrogens is 466 g/mol. The molecule has 1 N–H and O–H groups in total.